The van der Waals surface area contributed by atoms with Crippen molar-refractivity contribution >= 4 is 65.8 Å². The third-order valence-corrected chi connectivity index (χ3v) is 9.02. The maximum Gasteiger partial charge on any atom is 0.254 e. The van der Waals surface area contributed by atoms with Crippen molar-refractivity contribution in [2.75, 3.05) is 0 Å². The molecule has 26 heavy (non-hydrogen) atoms. The Balaban J connectivity index is 1.77. The molecule has 0 bridgehead atoms. The zero-order valence-corrected chi connectivity index (χ0v) is 17.9. The lowest BCUT2D eigenvalue weighted by Crippen LogP contribution is -2.05. The Labute approximate surface area is 171 Å². The Morgan fingerprint density at radius 2 is 1.50 bits per heavy atom. The highest BCUT2D eigenvalue weighted by Crippen LogP contribution is 2.53. The Hall–Kier alpha value is -0.420. The number of rotatable bonds is 3. The Morgan fingerprint density at radius 1 is 0.846 bits per heavy atom. The van der Waals surface area contributed by atoms with Crippen molar-refractivity contribution in [2.24, 2.45) is 11.8 Å². The predicted molar refractivity (Wildman–Crippen MR) is 111 cm³/mol. The molecular formula is C20H22Cl2O2S2. The molecule has 2 nitrogen and oxygen atoms in total. The SMILES string of the molecule is Cc1sc2c(C(=O)Cl)c(C3CCCCCCC4CC4C3)sc2c1C(=O)Cl. The van der Waals surface area contributed by atoms with E-state index in [9.17, 15) is 9.59 Å². The molecule has 0 radical (unpaired) electrons. The summed E-state index contributed by atoms with van der Waals surface area (Å²) in [5.74, 6) is 2.06. The molecule has 0 N–H and O–H groups in total. The minimum Gasteiger partial charge on any atom is -0.276 e. The van der Waals surface area contributed by atoms with E-state index in [2.05, 4.69) is 0 Å². The van der Waals surface area contributed by atoms with Crippen molar-refractivity contribution in [3.63, 3.8) is 0 Å². The third-order valence-electron chi connectivity index (χ3n) is 6.02. The van der Waals surface area contributed by atoms with Gasteiger partial charge in [-0.05, 0) is 67.1 Å². The van der Waals surface area contributed by atoms with Gasteiger partial charge in [-0.25, -0.2) is 0 Å². The maximum absolute atomic E-state index is 12.3. The molecule has 140 valence electrons. The molecule has 0 aromatic carbocycles. The van der Waals surface area contributed by atoms with Crippen LogP contribution in [-0.4, -0.2) is 10.5 Å². The van der Waals surface area contributed by atoms with Crippen molar-refractivity contribution in [3.8, 4) is 0 Å². The molecule has 2 saturated carbocycles. The molecule has 3 atom stereocenters. The second-order valence-electron chi connectivity index (χ2n) is 7.76. The van der Waals surface area contributed by atoms with Gasteiger partial charge in [-0.1, -0.05) is 32.1 Å². The van der Waals surface area contributed by atoms with E-state index in [1.165, 1.54) is 49.9 Å². The quantitative estimate of drug-likeness (QED) is 0.474. The zero-order chi connectivity index (χ0) is 18.4. The highest BCUT2D eigenvalue weighted by molar-refractivity contribution is 7.29. The van der Waals surface area contributed by atoms with E-state index < -0.39 is 10.5 Å². The molecule has 0 amide bonds. The standard InChI is InChI=1S/C20H22Cl2O2S2/c1-10-14(19(21)23)17-18(25-10)15(20(22)24)16(26-17)12-7-5-3-2-4-6-11-8-13(11)9-12/h11-13H,2-9H2,1H3. The number of hydrogen-bond donors (Lipinski definition) is 0. The second-order valence-corrected chi connectivity index (χ2v) is 10.7. The van der Waals surface area contributed by atoms with E-state index in [1.807, 2.05) is 6.92 Å². The topological polar surface area (TPSA) is 34.1 Å². The first-order valence-corrected chi connectivity index (χ1v) is 11.8. The first-order valence-electron chi connectivity index (χ1n) is 9.42. The number of hydrogen-bond acceptors (Lipinski definition) is 4. The second kappa shape index (κ2) is 7.54. The summed E-state index contributed by atoms with van der Waals surface area (Å²) in [7, 11) is 0. The minimum atomic E-state index is -0.441. The Morgan fingerprint density at radius 3 is 2.19 bits per heavy atom. The van der Waals surface area contributed by atoms with E-state index in [4.69, 9.17) is 23.2 Å². The number of carbonyl (C=O) groups excluding carboxylic acids is 2. The smallest absolute Gasteiger partial charge is 0.254 e. The molecule has 2 aliphatic rings. The highest BCUT2D eigenvalue weighted by atomic mass is 35.5. The number of carbonyl (C=O) groups is 2. The average Bonchev–Trinajstić information content (AvgIpc) is 3.09. The van der Waals surface area contributed by atoms with Gasteiger partial charge >= 0.3 is 0 Å². The molecule has 6 heteroatoms. The fourth-order valence-corrected chi connectivity index (χ4v) is 8.16. The van der Waals surface area contributed by atoms with Crippen molar-refractivity contribution in [1.29, 1.82) is 0 Å². The number of halogens is 2. The molecule has 0 aliphatic heterocycles. The van der Waals surface area contributed by atoms with Gasteiger partial charge in [0.05, 0.1) is 20.5 Å². The van der Waals surface area contributed by atoms with Crippen LogP contribution in [0.15, 0.2) is 0 Å². The van der Waals surface area contributed by atoms with Crippen molar-refractivity contribution < 1.29 is 9.59 Å². The Bertz CT molecular complexity index is 867. The van der Waals surface area contributed by atoms with Gasteiger partial charge in [-0.15, -0.1) is 22.7 Å². The monoisotopic (exact) mass is 428 g/mol. The molecule has 2 aliphatic carbocycles. The zero-order valence-electron chi connectivity index (χ0n) is 14.8. The van der Waals surface area contributed by atoms with Crippen LogP contribution in [0.5, 0.6) is 0 Å². The van der Waals surface area contributed by atoms with Crippen LogP contribution in [-0.2, 0) is 0 Å². The van der Waals surface area contributed by atoms with Gasteiger partial charge in [-0.3, -0.25) is 9.59 Å². The summed E-state index contributed by atoms with van der Waals surface area (Å²) in [5, 5.41) is -0.839. The largest absolute Gasteiger partial charge is 0.276 e. The Kier molecular flexibility index (Phi) is 5.49. The van der Waals surface area contributed by atoms with Gasteiger partial charge in [0, 0.05) is 9.75 Å². The molecular weight excluding hydrogens is 407 g/mol. The molecule has 0 spiro atoms. The van der Waals surface area contributed by atoms with Crippen LogP contribution in [0, 0.1) is 18.8 Å². The third kappa shape index (κ3) is 3.50. The van der Waals surface area contributed by atoms with E-state index >= 15 is 0 Å². The summed E-state index contributed by atoms with van der Waals surface area (Å²) in [5.41, 5.74) is 1.20. The summed E-state index contributed by atoms with van der Waals surface area (Å²) in [6, 6.07) is 0. The molecule has 2 fully saturated rings. The van der Waals surface area contributed by atoms with Crippen molar-refractivity contribution in [1.82, 2.24) is 0 Å². The lowest BCUT2D eigenvalue weighted by molar-refractivity contribution is 0.107. The minimum absolute atomic E-state index is 0.379. The van der Waals surface area contributed by atoms with Crippen molar-refractivity contribution in [2.45, 2.75) is 64.2 Å². The van der Waals surface area contributed by atoms with Gasteiger partial charge in [0.15, 0.2) is 0 Å². The summed E-state index contributed by atoms with van der Waals surface area (Å²) in [6.07, 6.45) is 10.1. The number of thiophene rings is 2. The summed E-state index contributed by atoms with van der Waals surface area (Å²) < 4.78 is 1.71. The summed E-state index contributed by atoms with van der Waals surface area (Å²) in [4.78, 5) is 26.2. The highest BCUT2D eigenvalue weighted by Gasteiger charge is 2.39. The van der Waals surface area contributed by atoms with Crippen LogP contribution in [0.1, 0.15) is 87.8 Å². The van der Waals surface area contributed by atoms with E-state index in [0.29, 0.717) is 17.0 Å². The van der Waals surface area contributed by atoms with Crippen LogP contribution < -0.4 is 0 Å². The van der Waals surface area contributed by atoms with E-state index in [1.54, 1.807) is 11.3 Å². The first kappa shape index (κ1) is 18.9. The summed E-state index contributed by atoms with van der Waals surface area (Å²) >= 11 is 14.9. The predicted octanol–water partition coefficient (Wildman–Crippen LogP) is 7.49. The fourth-order valence-electron chi connectivity index (χ4n) is 4.58. The normalized spacial score (nSPS) is 26.5. The van der Waals surface area contributed by atoms with Gasteiger partial charge in [-0.2, -0.15) is 0 Å². The number of fused-ring (bicyclic) bond motifs is 2. The molecule has 2 heterocycles. The van der Waals surface area contributed by atoms with E-state index in [-0.39, 0.29) is 0 Å². The van der Waals surface area contributed by atoms with Crippen LogP contribution in [0.3, 0.4) is 0 Å². The molecule has 0 saturated heterocycles. The van der Waals surface area contributed by atoms with Crippen molar-refractivity contribution in [3.05, 3.63) is 20.9 Å². The van der Waals surface area contributed by atoms with E-state index in [0.717, 1.165) is 43.8 Å². The maximum atomic E-state index is 12.3. The van der Waals surface area contributed by atoms with Crippen LogP contribution >= 0.6 is 45.9 Å². The van der Waals surface area contributed by atoms with Gasteiger partial charge < -0.3 is 0 Å². The average molecular weight is 429 g/mol. The van der Waals surface area contributed by atoms with Gasteiger partial charge in [0.1, 0.15) is 0 Å². The first-order chi connectivity index (χ1) is 12.5. The lowest BCUT2D eigenvalue weighted by atomic mass is 9.89. The lowest BCUT2D eigenvalue weighted by Gasteiger charge is -2.18. The number of aryl methyl sites for hydroxylation is 1. The van der Waals surface area contributed by atoms with Crippen LogP contribution in [0.25, 0.3) is 9.40 Å². The van der Waals surface area contributed by atoms with Crippen LogP contribution in [0.4, 0.5) is 0 Å². The molecule has 2 aromatic rings. The molecule has 4 rings (SSSR count). The summed E-state index contributed by atoms with van der Waals surface area (Å²) in [6.45, 7) is 1.88. The van der Waals surface area contributed by atoms with Crippen LogP contribution in [0.2, 0.25) is 0 Å². The van der Waals surface area contributed by atoms with Gasteiger partial charge in [0.2, 0.25) is 0 Å². The van der Waals surface area contributed by atoms with Gasteiger partial charge in [0.25, 0.3) is 10.5 Å². The molecule has 2 aromatic heterocycles. The fraction of sp³-hybridized carbons (Fsp3) is 0.600. The molecule has 3 unspecified atom stereocenters.